The van der Waals surface area contributed by atoms with Crippen LogP contribution in [-0.4, -0.2) is 36.8 Å². The number of ether oxygens (including phenoxy) is 1. The van der Waals surface area contributed by atoms with Gasteiger partial charge in [-0.25, -0.2) is 0 Å². The molecule has 3 rings (SSSR count). The van der Waals surface area contributed by atoms with Crippen molar-refractivity contribution in [2.45, 2.75) is 77.5 Å². The molecule has 21 heavy (non-hydrogen) atoms. The van der Waals surface area contributed by atoms with Gasteiger partial charge in [-0.1, -0.05) is 12.8 Å². The monoisotopic (exact) mass is 293 g/mol. The van der Waals surface area contributed by atoms with Crippen LogP contribution in [0.1, 0.15) is 59.8 Å². The number of nitrogens with one attached hydrogen (secondary N) is 2. The second-order valence-electron chi connectivity index (χ2n) is 8.00. The zero-order valence-corrected chi connectivity index (χ0v) is 14.0. The lowest BCUT2D eigenvalue weighted by molar-refractivity contribution is -0.125. The van der Waals surface area contributed by atoms with Gasteiger partial charge < -0.3 is 15.4 Å². The van der Waals surface area contributed by atoms with Crippen molar-refractivity contribution in [3.05, 3.63) is 0 Å². The third kappa shape index (κ3) is 2.67. The highest BCUT2D eigenvalue weighted by molar-refractivity contribution is 5.81. The molecule has 4 heteroatoms. The number of hydrogen-bond donors (Lipinski definition) is 2. The van der Waals surface area contributed by atoms with Gasteiger partial charge in [0.05, 0.1) is 6.10 Å². The van der Waals surface area contributed by atoms with Crippen LogP contribution in [0.5, 0.6) is 0 Å². The highest BCUT2D eigenvalue weighted by Crippen LogP contribution is 2.60. The van der Waals surface area contributed by atoms with Crippen LogP contribution in [0.3, 0.4) is 0 Å². The van der Waals surface area contributed by atoms with Gasteiger partial charge in [-0.3, -0.25) is 4.99 Å². The predicted molar refractivity (Wildman–Crippen MR) is 86.5 cm³/mol. The van der Waals surface area contributed by atoms with Crippen LogP contribution in [0.2, 0.25) is 0 Å². The Balaban J connectivity index is 1.74. The lowest BCUT2D eigenvalue weighted by Crippen LogP contribution is -2.70. The molecule has 2 saturated carbocycles. The van der Waals surface area contributed by atoms with E-state index in [4.69, 9.17) is 4.74 Å². The summed E-state index contributed by atoms with van der Waals surface area (Å²) >= 11 is 0. The first-order valence-corrected chi connectivity index (χ1v) is 8.67. The Morgan fingerprint density at radius 3 is 2.62 bits per heavy atom. The zero-order valence-electron chi connectivity index (χ0n) is 14.0. The average Bonchev–Trinajstić information content (AvgIpc) is 3.02. The first kappa shape index (κ1) is 15.1. The maximum absolute atomic E-state index is 6.06. The Morgan fingerprint density at radius 1 is 1.29 bits per heavy atom. The largest absolute Gasteiger partial charge is 0.377 e. The normalized spacial score (nSPS) is 34.7. The molecule has 0 radical (unpaired) electrons. The molecule has 0 bridgehead atoms. The molecule has 1 heterocycles. The smallest absolute Gasteiger partial charge is 0.191 e. The van der Waals surface area contributed by atoms with E-state index in [9.17, 15) is 0 Å². The number of guanidine groups is 1. The van der Waals surface area contributed by atoms with Gasteiger partial charge in [-0.05, 0) is 47.0 Å². The van der Waals surface area contributed by atoms with Gasteiger partial charge in [0.25, 0.3) is 0 Å². The van der Waals surface area contributed by atoms with E-state index < -0.39 is 0 Å². The van der Waals surface area contributed by atoms with Gasteiger partial charge in [-0.2, -0.15) is 0 Å². The Kier molecular flexibility index (Phi) is 3.93. The van der Waals surface area contributed by atoms with Gasteiger partial charge in [0, 0.05) is 36.1 Å². The van der Waals surface area contributed by atoms with Crippen molar-refractivity contribution in [3.63, 3.8) is 0 Å². The van der Waals surface area contributed by atoms with Crippen molar-refractivity contribution < 1.29 is 4.74 Å². The third-order valence-corrected chi connectivity index (χ3v) is 5.39. The number of aliphatic imine (C=N–C) groups is 1. The van der Waals surface area contributed by atoms with Gasteiger partial charge in [0.1, 0.15) is 0 Å². The van der Waals surface area contributed by atoms with E-state index in [2.05, 4.69) is 43.3 Å². The van der Waals surface area contributed by atoms with Gasteiger partial charge >= 0.3 is 0 Å². The van der Waals surface area contributed by atoms with E-state index in [0.29, 0.717) is 23.5 Å². The third-order valence-electron chi connectivity index (χ3n) is 5.39. The Morgan fingerprint density at radius 2 is 2.00 bits per heavy atom. The summed E-state index contributed by atoms with van der Waals surface area (Å²) in [6.45, 7) is 10.4. The van der Waals surface area contributed by atoms with E-state index in [0.717, 1.165) is 19.1 Å². The van der Waals surface area contributed by atoms with Crippen molar-refractivity contribution >= 4 is 5.96 Å². The van der Waals surface area contributed by atoms with Gasteiger partial charge in [0.2, 0.25) is 0 Å². The van der Waals surface area contributed by atoms with E-state index >= 15 is 0 Å². The van der Waals surface area contributed by atoms with Crippen LogP contribution >= 0.6 is 0 Å². The second-order valence-corrected chi connectivity index (χ2v) is 8.00. The summed E-state index contributed by atoms with van der Waals surface area (Å²) in [5.41, 5.74) is 0.425. The highest BCUT2D eigenvalue weighted by atomic mass is 16.5. The Hall–Kier alpha value is -0.770. The van der Waals surface area contributed by atoms with Gasteiger partial charge in [0.15, 0.2) is 5.96 Å². The minimum atomic E-state index is 0.0408. The minimum absolute atomic E-state index is 0.0408. The summed E-state index contributed by atoms with van der Waals surface area (Å²) < 4.78 is 6.06. The van der Waals surface area contributed by atoms with E-state index in [-0.39, 0.29) is 5.54 Å². The quantitative estimate of drug-likeness (QED) is 0.608. The molecule has 3 atom stereocenters. The summed E-state index contributed by atoms with van der Waals surface area (Å²) in [4.78, 5) is 4.65. The first-order valence-electron chi connectivity index (χ1n) is 8.67. The van der Waals surface area contributed by atoms with Crippen LogP contribution in [-0.2, 0) is 4.74 Å². The topological polar surface area (TPSA) is 45.7 Å². The molecule has 0 amide bonds. The molecule has 2 aliphatic carbocycles. The van der Waals surface area contributed by atoms with Crippen molar-refractivity contribution in [3.8, 4) is 0 Å². The molecule has 3 aliphatic rings. The second kappa shape index (κ2) is 5.45. The zero-order chi connectivity index (χ0) is 15.1. The molecule has 0 aromatic carbocycles. The number of hydrogen-bond acceptors (Lipinski definition) is 2. The summed E-state index contributed by atoms with van der Waals surface area (Å²) in [5.74, 6) is 1.67. The van der Waals surface area contributed by atoms with Gasteiger partial charge in [-0.15, -0.1) is 0 Å². The van der Waals surface area contributed by atoms with Crippen molar-refractivity contribution in [1.82, 2.24) is 10.6 Å². The Labute approximate surface area is 129 Å². The van der Waals surface area contributed by atoms with Crippen LogP contribution in [0, 0.1) is 11.3 Å². The van der Waals surface area contributed by atoms with Crippen LogP contribution < -0.4 is 10.6 Å². The SMILES string of the molecule is CCN=C(NC1C2CCOC2C12CCCC2)NC(C)(C)C. The molecule has 2 N–H and O–H groups in total. The highest BCUT2D eigenvalue weighted by Gasteiger charge is 2.65. The maximum atomic E-state index is 6.06. The molecular formula is C17H31N3O. The predicted octanol–water partition coefficient (Wildman–Crippen LogP) is 2.69. The Bertz CT molecular complexity index is 407. The molecule has 3 fully saturated rings. The summed E-state index contributed by atoms with van der Waals surface area (Å²) in [6.07, 6.45) is 7.07. The van der Waals surface area contributed by atoms with Crippen molar-refractivity contribution in [2.75, 3.05) is 13.2 Å². The van der Waals surface area contributed by atoms with Crippen LogP contribution in [0.25, 0.3) is 0 Å². The summed E-state index contributed by atoms with van der Waals surface area (Å²) in [5, 5.41) is 7.31. The molecule has 3 unspecified atom stereocenters. The number of nitrogens with zero attached hydrogens (tertiary/aromatic N) is 1. The summed E-state index contributed by atoms with van der Waals surface area (Å²) in [6, 6.07) is 0.549. The standard InChI is InChI=1S/C17H31N3O/c1-5-18-15(20-16(2,3)4)19-13-12-8-11-21-14(12)17(13)9-6-7-10-17/h12-14H,5-11H2,1-4H3,(H2,18,19,20). The average molecular weight is 293 g/mol. The lowest BCUT2D eigenvalue weighted by Gasteiger charge is -2.57. The molecule has 4 nitrogen and oxygen atoms in total. The van der Waals surface area contributed by atoms with Crippen molar-refractivity contribution in [1.29, 1.82) is 0 Å². The fourth-order valence-corrected chi connectivity index (χ4v) is 4.69. The van der Waals surface area contributed by atoms with E-state index in [1.54, 1.807) is 0 Å². The minimum Gasteiger partial charge on any atom is -0.377 e. The molecule has 1 aliphatic heterocycles. The summed E-state index contributed by atoms with van der Waals surface area (Å²) in [7, 11) is 0. The lowest BCUT2D eigenvalue weighted by atomic mass is 9.54. The molecule has 1 saturated heterocycles. The van der Waals surface area contributed by atoms with E-state index in [1.807, 2.05) is 0 Å². The molecule has 0 aromatic rings. The van der Waals surface area contributed by atoms with Crippen LogP contribution in [0.4, 0.5) is 0 Å². The molecule has 120 valence electrons. The number of fused-ring (bicyclic) bond motifs is 2. The maximum Gasteiger partial charge on any atom is 0.191 e. The number of rotatable bonds is 2. The first-order chi connectivity index (χ1) is 9.96. The molecular weight excluding hydrogens is 262 g/mol. The fraction of sp³-hybridized carbons (Fsp3) is 0.941. The van der Waals surface area contributed by atoms with Crippen LogP contribution in [0.15, 0.2) is 4.99 Å². The van der Waals surface area contributed by atoms with E-state index in [1.165, 1.54) is 32.1 Å². The molecule has 0 aromatic heterocycles. The van der Waals surface area contributed by atoms with Crippen molar-refractivity contribution in [2.24, 2.45) is 16.3 Å². The molecule has 1 spiro atoms. The fourth-order valence-electron chi connectivity index (χ4n) is 4.69.